The Morgan fingerprint density at radius 2 is 1.45 bits per heavy atom. The van der Waals surface area contributed by atoms with Crippen LogP contribution in [0.25, 0.3) is 16.7 Å². The van der Waals surface area contributed by atoms with Crippen LogP contribution in [0.4, 0.5) is 0 Å². The third kappa shape index (κ3) is 3.82. The molecule has 2 amide bonds. The van der Waals surface area contributed by atoms with Crippen molar-refractivity contribution >= 4 is 22.8 Å². The van der Waals surface area contributed by atoms with Gasteiger partial charge in [-0.2, -0.15) is 0 Å². The van der Waals surface area contributed by atoms with Crippen molar-refractivity contribution < 1.29 is 9.59 Å². The van der Waals surface area contributed by atoms with Crippen LogP contribution in [-0.2, 0) is 0 Å². The van der Waals surface area contributed by atoms with Gasteiger partial charge in [0.2, 0.25) is 0 Å². The fraction of sp³-hybridized carbons (Fsp3) is 0.208. The van der Waals surface area contributed by atoms with Gasteiger partial charge in [0.15, 0.2) is 0 Å². The fourth-order valence-electron chi connectivity index (χ4n) is 4.04. The number of amides is 2. The number of hydrogen-bond donors (Lipinski definition) is 1. The lowest BCUT2D eigenvalue weighted by Gasteiger charge is -2.22. The van der Waals surface area contributed by atoms with Crippen LogP contribution in [0.1, 0.15) is 27.1 Å². The number of rotatable bonds is 3. The van der Waals surface area contributed by atoms with Gasteiger partial charge in [-0.05, 0) is 61.0 Å². The Balaban J connectivity index is 1.25. The van der Waals surface area contributed by atoms with Crippen LogP contribution >= 0.6 is 0 Å². The minimum atomic E-state index is -0.0122. The summed E-state index contributed by atoms with van der Waals surface area (Å²) < 4.78 is 2.00. The zero-order valence-corrected chi connectivity index (χ0v) is 17.1. The molecule has 1 saturated heterocycles. The lowest BCUT2D eigenvalue weighted by atomic mass is 10.1. The molecule has 0 atom stereocenters. The zero-order valence-electron chi connectivity index (χ0n) is 17.1. The average molecular weight is 413 g/mol. The maximum absolute atomic E-state index is 13.0. The predicted molar refractivity (Wildman–Crippen MR) is 118 cm³/mol. The van der Waals surface area contributed by atoms with Gasteiger partial charge in [0.05, 0.1) is 17.4 Å². The van der Waals surface area contributed by atoms with Crippen LogP contribution in [0.15, 0.2) is 73.3 Å². The summed E-state index contributed by atoms with van der Waals surface area (Å²) in [6, 6.07) is 17.1. The summed E-state index contributed by atoms with van der Waals surface area (Å²) in [7, 11) is 0. The number of hydrogen-bond acceptors (Lipinski definition) is 3. The smallest absolute Gasteiger partial charge is 0.253 e. The summed E-state index contributed by atoms with van der Waals surface area (Å²) in [6.45, 7) is 2.32. The van der Waals surface area contributed by atoms with E-state index in [9.17, 15) is 9.59 Å². The van der Waals surface area contributed by atoms with E-state index in [1.54, 1.807) is 6.33 Å². The van der Waals surface area contributed by atoms with E-state index < -0.39 is 0 Å². The molecule has 0 unspecified atom stereocenters. The molecule has 1 aliphatic heterocycles. The van der Waals surface area contributed by atoms with E-state index in [0.29, 0.717) is 37.3 Å². The van der Waals surface area contributed by atoms with E-state index in [2.05, 4.69) is 9.97 Å². The average Bonchev–Trinajstić information content (AvgIpc) is 3.45. The van der Waals surface area contributed by atoms with Crippen LogP contribution in [0, 0.1) is 0 Å². The maximum Gasteiger partial charge on any atom is 0.253 e. The second kappa shape index (κ2) is 8.10. The molecule has 0 aliphatic carbocycles. The number of fused-ring (bicyclic) bond motifs is 1. The maximum atomic E-state index is 13.0. The molecule has 4 aromatic rings. The Labute approximate surface area is 179 Å². The summed E-state index contributed by atoms with van der Waals surface area (Å²) in [6.07, 6.45) is 6.33. The van der Waals surface area contributed by atoms with Gasteiger partial charge in [0.25, 0.3) is 11.8 Å². The standard InChI is InChI=1S/C24H23N5O2/c30-23(18-4-7-20(8-5-18)27-10-1-2-11-27)28-12-3-13-29(15-14-28)24(31)19-6-9-21-22(16-19)26-17-25-21/h1-2,4-11,16-17H,3,12-15H2,(H,25,26). The Morgan fingerprint density at radius 1 is 0.806 bits per heavy atom. The molecular formula is C24H23N5O2. The molecule has 7 heteroatoms. The van der Waals surface area contributed by atoms with Gasteiger partial charge in [0.1, 0.15) is 0 Å². The highest BCUT2D eigenvalue weighted by molar-refractivity contribution is 5.97. The summed E-state index contributed by atoms with van der Waals surface area (Å²) in [5, 5.41) is 0. The molecule has 0 saturated carbocycles. The molecule has 31 heavy (non-hydrogen) atoms. The van der Waals surface area contributed by atoms with E-state index in [1.165, 1.54) is 0 Å². The highest BCUT2D eigenvalue weighted by Crippen LogP contribution is 2.17. The molecule has 0 spiro atoms. The fourth-order valence-corrected chi connectivity index (χ4v) is 4.04. The summed E-state index contributed by atoms with van der Waals surface area (Å²) in [5.74, 6) is -0.00545. The van der Waals surface area contributed by atoms with Crippen molar-refractivity contribution in [2.24, 2.45) is 0 Å². The quantitative estimate of drug-likeness (QED) is 0.560. The van der Waals surface area contributed by atoms with Crippen molar-refractivity contribution in [1.82, 2.24) is 24.3 Å². The molecule has 156 valence electrons. The number of nitrogens with zero attached hydrogens (tertiary/aromatic N) is 4. The van der Waals surface area contributed by atoms with Gasteiger partial charge in [-0.15, -0.1) is 0 Å². The SMILES string of the molecule is O=C(c1ccc(-n2cccc2)cc1)N1CCCN(C(=O)c2ccc3nc[nH]c3c2)CC1. The molecule has 3 heterocycles. The van der Waals surface area contributed by atoms with Gasteiger partial charge >= 0.3 is 0 Å². The molecule has 5 rings (SSSR count). The summed E-state index contributed by atoms with van der Waals surface area (Å²) >= 11 is 0. The van der Waals surface area contributed by atoms with E-state index in [1.807, 2.05) is 81.4 Å². The number of carbonyl (C=O) groups excluding carboxylic acids is 2. The number of aromatic nitrogens is 3. The molecule has 1 N–H and O–H groups in total. The summed E-state index contributed by atoms with van der Waals surface area (Å²) in [5.41, 5.74) is 4.01. The molecule has 2 aromatic heterocycles. The van der Waals surface area contributed by atoms with E-state index in [-0.39, 0.29) is 11.8 Å². The number of aromatic amines is 1. The second-order valence-corrected chi connectivity index (χ2v) is 7.71. The molecule has 0 radical (unpaired) electrons. The number of H-pyrrole nitrogens is 1. The lowest BCUT2D eigenvalue weighted by Crippen LogP contribution is -2.37. The Bertz CT molecular complexity index is 1210. The third-order valence-electron chi connectivity index (χ3n) is 5.75. The second-order valence-electron chi connectivity index (χ2n) is 7.71. The normalized spacial score (nSPS) is 14.6. The number of nitrogens with one attached hydrogen (secondary N) is 1. The first-order chi connectivity index (χ1) is 15.2. The van der Waals surface area contributed by atoms with Gasteiger partial charge < -0.3 is 19.4 Å². The predicted octanol–water partition coefficient (Wildman–Crippen LogP) is 3.34. The highest BCUT2D eigenvalue weighted by Gasteiger charge is 2.24. The molecule has 7 nitrogen and oxygen atoms in total. The van der Waals surface area contributed by atoms with Crippen molar-refractivity contribution in [3.05, 3.63) is 84.4 Å². The van der Waals surface area contributed by atoms with Crippen LogP contribution in [0.2, 0.25) is 0 Å². The molecular weight excluding hydrogens is 390 g/mol. The first kappa shape index (κ1) is 19.1. The van der Waals surface area contributed by atoms with Gasteiger partial charge in [-0.25, -0.2) is 4.98 Å². The monoisotopic (exact) mass is 413 g/mol. The molecule has 1 aliphatic rings. The Kier molecular flexibility index (Phi) is 5.00. The minimum Gasteiger partial charge on any atom is -0.345 e. The van der Waals surface area contributed by atoms with Gasteiger partial charge in [0, 0.05) is 55.4 Å². The van der Waals surface area contributed by atoms with Crippen molar-refractivity contribution in [1.29, 1.82) is 0 Å². The first-order valence-corrected chi connectivity index (χ1v) is 10.4. The van der Waals surface area contributed by atoms with E-state index in [4.69, 9.17) is 0 Å². The van der Waals surface area contributed by atoms with Crippen molar-refractivity contribution in [2.75, 3.05) is 26.2 Å². The molecule has 0 bridgehead atoms. The van der Waals surface area contributed by atoms with Crippen LogP contribution in [0.5, 0.6) is 0 Å². The first-order valence-electron chi connectivity index (χ1n) is 10.4. The highest BCUT2D eigenvalue weighted by atomic mass is 16.2. The van der Waals surface area contributed by atoms with Crippen LogP contribution in [-0.4, -0.2) is 62.3 Å². The number of imidazole rings is 1. The van der Waals surface area contributed by atoms with Crippen molar-refractivity contribution in [3.63, 3.8) is 0 Å². The molecule has 2 aromatic carbocycles. The van der Waals surface area contributed by atoms with Crippen molar-refractivity contribution in [3.8, 4) is 5.69 Å². The Hall–Kier alpha value is -3.87. The number of carbonyl (C=O) groups is 2. The van der Waals surface area contributed by atoms with Crippen LogP contribution < -0.4 is 0 Å². The third-order valence-corrected chi connectivity index (χ3v) is 5.75. The zero-order chi connectivity index (χ0) is 21.2. The molecule has 1 fully saturated rings. The minimum absolute atomic E-state index is 0.00670. The van der Waals surface area contributed by atoms with E-state index >= 15 is 0 Å². The number of benzene rings is 2. The largest absolute Gasteiger partial charge is 0.345 e. The van der Waals surface area contributed by atoms with Gasteiger partial charge in [-0.1, -0.05) is 0 Å². The Morgan fingerprint density at radius 3 is 2.16 bits per heavy atom. The van der Waals surface area contributed by atoms with Crippen molar-refractivity contribution in [2.45, 2.75) is 6.42 Å². The van der Waals surface area contributed by atoms with E-state index in [0.717, 1.165) is 23.1 Å². The van der Waals surface area contributed by atoms with Crippen LogP contribution in [0.3, 0.4) is 0 Å². The lowest BCUT2D eigenvalue weighted by molar-refractivity contribution is 0.0719. The topological polar surface area (TPSA) is 74.2 Å². The van der Waals surface area contributed by atoms with Gasteiger partial charge in [-0.3, -0.25) is 9.59 Å². The summed E-state index contributed by atoms with van der Waals surface area (Å²) in [4.78, 5) is 36.9.